The van der Waals surface area contributed by atoms with E-state index in [1.165, 1.54) is 34.1 Å². The molecule has 0 spiro atoms. The van der Waals surface area contributed by atoms with Crippen LogP contribution >= 0.6 is 27.9 Å². The smallest absolute Gasteiger partial charge is 0.397 e. The Balaban J connectivity index is 1.21. The highest BCUT2D eigenvalue weighted by Crippen LogP contribution is 2.53. The minimum atomic E-state index is -5.06. The molecule has 2 unspecified atom stereocenters. The maximum absolute atomic E-state index is 13.2. The molecule has 0 amide bonds. The third kappa shape index (κ3) is 5.46. The van der Waals surface area contributed by atoms with Gasteiger partial charge in [0.2, 0.25) is 0 Å². The van der Waals surface area contributed by atoms with Gasteiger partial charge in [-0.15, -0.1) is 0 Å². The molecule has 242 valence electrons. The second kappa shape index (κ2) is 11.1. The Bertz CT molecular complexity index is 1940. The monoisotopic (exact) mass is 689 g/mol. The third-order valence-corrected chi connectivity index (χ3v) is 9.70. The summed E-state index contributed by atoms with van der Waals surface area (Å²) in [6.07, 6.45) is -8.26. The summed E-state index contributed by atoms with van der Waals surface area (Å²) < 4.78 is 61.7. The van der Waals surface area contributed by atoms with Gasteiger partial charge in [0.05, 0.1) is 31.6 Å². The Kier molecular flexibility index (Phi) is 7.56. The number of phosphoric acid groups is 2. The number of imidazole rings is 2. The first kappa shape index (κ1) is 30.7. The Labute approximate surface area is 255 Å². The lowest BCUT2D eigenvalue weighted by Gasteiger charge is -2.26. The Morgan fingerprint density at radius 2 is 1.53 bits per heavy atom. The van der Waals surface area contributed by atoms with Crippen molar-refractivity contribution in [3.63, 3.8) is 0 Å². The molecule has 0 aromatic carbocycles. The number of nitrogens with one attached hydrogen (secondary N) is 1. The van der Waals surface area contributed by atoms with Crippen molar-refractivity contribution in [3.8, 4) is 0 Å². The number of aliphatic hydroxyl groups excluding tert-OH is 2. The average molecular weight is 689 g/mol. The van der Waals surface area contributed by atoms with Crippen LogP contribution in [0.2, 0.25) is 0 Å². The predicted molar refractivity (Wildman–Crippen MR) is 150 cm³/mol. The van der Waals surface area contributed by atoms with E-state index in [1.807, 2.05) is 0 Å². The number of aliphatic hydroxyl groups is 2. The second-order valence-electron chi connectivity index (χ2n) is 10.3. The highest BCUT2D eigenvalue weighted by atomic mass is 32.1. The van der Waals surface area contributed by atoms with E-state index >= 15 is 0 Å². The Hall–Kier alpha value is -2.95. The van der Waals surface area contributed by atoms with E-state index in [1.54, 1.807) is 0 Å². The Morgan fingerprint density at radius 3 is 2.29 bits per heavy atom. The molecule has 4 aromatic heterocycles. The number of anilines is 2. The average Bonchev–Trinajstić information content (AvgIpc) is 3.72. The van der Waals surface area contributed by atoms with Crippen LogP contribution < -0.4 is 11.5 Å². The van der Waals surface area contributed by atoms with Crippen LogP contribution in [-0.4, -0.2) is 104 Å². The summed E-state index contributed by atoms with van der Waals surface area (Å²) in [6, 6.07) is 1.52. The number of ether oxygens (including phenoxy) is 2. The quantitative estimate of drug-likeness (QED) is 0.104. The van der Waals surface area contributed by atoms with Crippen LogP contribution in [0.4, 0.5) is 11.6 Å². The number of nitrogen functional groups attached to an aromatic ring is 2. The summed E-state index contributed by atoms with van der Waals surface area (Å²) in [5.74, 6) is -0.0728. The first-order chi connectivity index (χ1) is 21.3. The van der Waals surface area contributed by atoms with Gasteiger partial charge in [0.25, 0.3) is 0 Å². The van der Waals surface area contributed by atoms with E-state index in [-0.39, 0.29) is 27.4 Å². The normalized spacial score (nSPS) is 37.7. The van der Waals surface area contributed by atoms with Crippen LogP contribution in [0.5, 0.6) is 0 Å². The number of phosphoric ester groups is 2. The number of nitrogens with two attached hydrogens (primary N) is 2. The highest BCUT2D eigenvalue weighted by molar-refractivity contribution is 7.71. The molecule has 3 saturated heterocycles. The molecule has 9 N–H and O–H groups in total. The molecule has 7 heterocycles. The van der Waals surface area contributed by atoms with Crippen molar-refractivity contribution in [2.45, 2.75) is 49.1 Å². The van der Waals surface area contributed by atoms with Crippen molar-refractivity contribution in [1.29, 1.82) is 0 Å². The van der Waals surface area contributed by atoms with E-state index in [0.29, 0.717) is 11.2 Å². The molecule has 2 bridgehead atoms. The first-order valence-corrected chi connectivity index (χ1v) is 16.5. The molecule has 45 heavy (non-hydrogen) atoms. The summed E-state index contributed by atoms with van der Waals surface area (Å²) in [6.45, 7) is -1.56. The van der Waals surface area contributed by atoms with Crippen molar-refractivity contribution in [2.75, 3.05) is 24.7 Å². The van der Waals surface area contributed by atoms with Crippen molar-refractivity contribution < 1.29 is 56.7 Å². The number of hydrogen-bond acceptors (Lipinski definition) is 17. The lowest BCUT2D eigenvalue weighted by atomic mass is 10.1. The second-order valence-corrected chi connectivity index (χ2v) is 13.5. The van der Waals surface area contributed by atoms with Crippen molar-refractivity contribution in [2.24, 2.45) is 0 Å². The minimum absolute atomic E-state index is 0.0436. The van der Waals surface area contributed by atoms with E-state index in [2.05, 4.69) is 24.9 Å². The standard InChI is InChI=1S/C21H25N9O12P2S/c22-7-1-2-24-16-10(7)25-5-29(16)19-13(32)14-9(40-19)4-38-44(35,36)42-15-12(31)8(3-37-43(33,34)41-14)39-20(15)30-6-26-11-17(30)27-21(23)28-18(11)45/h1-2,5-6,8-9,12-15,19-20,31-32H,3-4H2,(H2,22,24)(H,33,34)(H,35,36)(H3,23,27,28,45)/t8-,9-,12-,13-,14-,15-,19-,20-/m1/s1. The summed E-state index contributed by atoms with van der Waals surface area (Å²) in [5.41, 5.74) is 12.9. The van der Waals surface area contributed by atoms with Gasteiger partial charge in [-0.25, -0.2) is 29.1 Å². The van der Waals surface area contributed by atoms with E-state index in [0.717, 1.165) is 0 Å². The zero-order valence-electron chi connectivity index (χ0n) is 22.5. The number of fused-ring (bicyclic) bond motifs is 5. The lowest BCUT2D eigenvalue weighted by Crippen LogP contribution is -2.36. The van der Waals surface area contributed by atoms with Crippen LogP contribution in [-0.2, 0) is 36.7 Å². The molecule has 0 aliphatic carbocycles. The molecule has 3 aliphatic rings. The highest BCUT2D eigenvalue weighted by Gasteiger charge is 2.54. The van der Waals surface area contributed by atoms with Gasteiger partial charge < -0.3 is 45.9 Å². The molecular weight excluding hydrogens is 664 g/mol. The summed E-state index contributed by atoms with van der Waals surface area (Å²) in [7, 11) is -10.1. The first-order valence-electron chi connectivity index (χ1n) is 13.1. The molecule has 4 aromatic rings. The number of aromatic nitrogens is 7. The largest absolute Gasteiger partial charge is 0.472 e. The molecule has 21 nitrogen and oxygen atoms in total. The number of nitrogens with zero attached hydrogens (tertiary/aromatic N) is 6. The molecule has 7 rings (SSSR count). The van der Waals surface area contributed by atoms with Gasteiger partial charge in [0.1, 0.15) is 53.3 Å². The van der Waals surface area contributed by atoms with Crippen LogP contribution in [0.3, 0.4) is 0 Å². The van der Waals surface area contributed by atoms with Crippen molar-refractivity contribution >= 4 is 61.8 Å². The van der Waals surface area contributed by atoms with E-state index < -0.39 is 77.9 Å². The summed E-state index contributed by atoms with van der Waals surface area (Å²) in [5, 5.41) is 22.2. The van der Waals surface area contributed by atoms with Crippen molar-refractivity contribution in [3.05, 3.63) is 29.6 Å². The maximum Gasteiger partial charge on any atom is 0.472 e. The molecular formula is C21H25N9O12P2S. The predicted octanol–water partition coefficient (Wildman–Crippen LogP) is -0.367. The fraction of sp³-hybridized carbons (Fsp3) is 0.476. The van der Waals surface area contributed by atoms with Gasteiger partial charge in [-0.05, 0) is 6.07 Å². The van der Waals surface area contributed by atoms with Gasteiger partial charge in [-0.3, -0.25) is 27.2 Å². The van der Waals surface area contributed by atoms with Gasteiger partial charge >= 0.3 is 15.6 Å². The number of H-pyrrole nitrogens is 1. The molecule has 24 heteroatoms. The van der Waals surface area contributed by atoms with Crippen LogP contribution in [0, 0.1) is 4.64 Å². The molecule has 3 aliphatic heterocycles. The fourth-order valence-corrected chi connectivity index (χ4v) is 7.54. The lowest BCUT2D eigenvalue weighted by molar-refractivity contribution is -0.0672. The molecule has 0 saturated carbocycles. The zero-order chi connectivity index (χ0) is 31.8. The van der Waals surface area contributed by atoms with Crippen molar-refractivity contribution in [1.82, 2.24) is 34.1 Å². The van der Waals surface area contributed by atoms with Crippen LogP contribution in [0.1, 0.15) is 12.5 Å². The third-order valence-electron chi connectivity index (χ3n) is 7.44. The van der Waals surface area contributed by atoms with Gasteiger partial charge in [0.15, 0.2) is 28.7 Å². The molecule has 0 radical (unpaired) electrons. The van der Waals surface area contributed by atoms with Crippen LogP contribution in [0.15, 0.2) is 24.9 Å². The zero-order valence-corrected chi connectivity index (χ0v) is 25.1. The number of aromatic amines is 1. The number of rotatable bonds is 2. The Morgan fingerprint density at radius 1 is 0.889 bits per heavy atom. The summed E-state index contributed by atoms with van der Waals surface area (Å²) >= 11 is 5.19. The van der Waals surface area contributed by atoms with E-state index in [9.17, 15) is 29.1 Å². The van der Waals surface area contributed by atoms with E-state index in [4.69, 9.17) is 51.3 Å². The SMILES string of the molecule is Nc1nc(=S)c2ncn([C@@H]3O[C@@H]4COP(=O)(O)O[C@H]5[C@@H](O)[C@H](n6cnc7c(N)ccnc76)O[C@@H]5COP(=O)(O)O[C@@H]3[C@@H]4O)c2[nH]1. The van der Waals surface area contributed by atoms with Crippen LogP contribution in [0.25, 0.3) is 22.3 Å². The number of hydrogen-bond donors (Lipinski definition) is 7. The molecule has 10 atom stereocenters. The fourth-order valence-electron chi connectivity index (χ4n) is 5.40. The topological polar surface area (TPSA) is 300 Å². The van der Waals surface area contributed by atoms with Gasteiger partial charge in [-0.2, -0.15) is 0 Å². The van der Waals surface area contributed by atoms with Gasteiger partial charge in [0, 0.05) is 6.20 Å². The summed E-state index contributed by atoms with van der Waals surface area (Å²) in [4.78, 5) is 40.5. The van der Waals surface area contributed by atoms with Gasteiger partial charge in [-0.1, -0.05) is 12.2 Å². The molecule has 3 fully saturated rings. The minimum Gasteiger partial charge on any atom is -0.397 e. The number of pyridine rings is 1. The maximum atomic E-state index is 13.2.